The minimum atomic E-state index is -0.484. The van der Waals surface area contributed by atoms with E-state index in [1.165, 1.54) is 36.0 Å². The van der Waals surface area contributed by atoms with Gasteiger partial charge in [-0.05, 0) is 12.1 Å². The van der Waals surface area contributed by atoms with E-state index in [0.717, 1.165) is 5.82 Å². The number of aromatic nitrogens is 3. The maximum absolute atomic E-state index is 11.9. The fraction of sp³-hybridized carbons (Fsp3) is 0.357. The lowest BCUT2D eigenvalue weighted by Gasteiger charge is -2.06. The van der Waals surface area contributed by atoms with Crippen LogP contribution in [0.25, 0.3) is 0 Å². The van der Waals surface area contributed by atoms with Crippen molar-refractivity contribution in [1.82, 2.24) is 14.8 Å². The molecule has 2 aromatic rings. The molecular weight excluding hydrogens is 318 g/mol. The van der Waals surface area contributed by atoms with Crippen LogP contribution >= 0.6 is 11.8 Å². The number of nitrogens with zero attached hydrogens (tertiary/aromatic N) is 4. The quantitative estimate of drug-likeness (QED) is 0.494. The van der Waals surface area contributed by atoms with Crippen molar-refractivity contribution in [3.8, 4) is 0 Å². The number of nitro groups is 1. The number of nitro benzene ring substituents is 1. The van der Waals surface area contributed by atoms with Gasteiger partial charge in [0.25, 0.3) is 5.69 Å². The first-order valence-corrected chi connectivity index (χ1v) is 7.93. The molecule has 0 saturated heterocycles. The van der Waals surface area contributed by atoms with Crippen molar-refractivity contribution < 1.29 is 9.72 Å². The minimum Gasteiger partial charge on any atom is -0.325 e. The number of rotatable bonds is 6. The molecule has 0 spiro atoms. The minimum absolute atomic E-state index is 0.0160. The van der Waals surface area contributed by atoms with Gasteiger partial charge in [-0.2, -0.15) is 0 Å². The van der Waals surface area contributed by atoms with Gasteiger partial charge in [-0.1, -0.05) is 25.6 Å². The first-order valence-electron chi connectivity index (χ1n) is 6.95. The number of non-ortho nitro benzene ring substituents is 1. The fourth-order valence-corrected chi connectivity index (χ4v) is 2.67. The van der Waals surface area contributed by atoms with E-state index < -0.39 is 4.92 Å². The molecule has 0 aliphatic rings. The second-order valence-corrected chi connectivity index (χ2v) is 6.14. The summed E-state index contributed by atoms with van der Waals surface area (Å²) < 4.78 is 1.87. The second-order valence-electron chi connectivity index (χ2n) is 5.20. The maximum atomic E-state index is 11.9. The summed E-state index contributed by atoms with van der Waals surface area (Å²) in [5, 5.41) is 22.1. The van der Waals surface area contributed by atoms with E-state index in [9.17, 15) is 14.9 Å². The summed E-state index contributed by atoms with van der Waals surface area (Å²) in [7, 11) is 1.87. The molecule has 1 N–H and O–H groups in total. The van der Waals surface area contributed by atoms with E-state index >= 15 is 0 Å². The van der Waals surface area contributed by atoms with E-state index in [1.807, 2.05) is 25.5 Å². The number of hydrogen-bond acceptors (Lipinski definition) is 6. The average Bonchev–Trinajstić information content (AvgIpc) is 2.87. The van der Waals surface area contributed by atoms with Crippen molar-refractivity contribution in [2.24, 2.45) is 7.05 Å². The zero-order valence-electron chi connectivity index (χ0n) is 13.0. The van der Waals surface area contributed by atoms with Crippen LogP contribution in [-0.2, 0) is 11.8 Å². The molecule has 2 rings (SSSR count). The van der Waals surface area contributed by atoms with Crippen LogP contribution in [0.5, 0.6) is 0 Å². The van der Waals surface area contributed by atoms with Gasteiger partial charge in [0, 0.05) is 30.8 Å². The summed E-state index contributed by atoms with van der Waals surface area (Å²) in [6, 6.07) is 5.69. The first kappa shape index (κ1) is 16.9. The summed E-state index contributed by atoms with van der Waals surface area (Å²) in [5.41, 5.74) is 0.500. The lowest BCUT2D eigenvalue weighted by Crippen LogP contribution is -2.14. The zero-order chi connectivity index (χ0) is 17.0. The number of carbonyl (C=O) groups is 1. The van der Waals surface area contributed by atoms with Crippen molar-refractivity contribution in [3.63, 3.8) is 0 Å². The Morgan fingerprint density at radius 2 is 2.00 bits per heavy atom. The number of amides is 1. The van der Waals surface area contributed by atoms with Crippen molar-refractivity contribution in [3.05, 3.63) is 40.2 Å². The highest BCUT2D eigenvalue weighted by Crippen LogP contribution is 2.20. The van der Waals surface area contributed by atoms with Crippen LogP contribution in [0.3, 0.4) is 0 Å². The molecule has 9 heteroatoms. The van der Waals surface area contributed by atoms with E-state index in [4.69, 9.17) is 0 Å². The zero-order valence-corrected chi connectivity index (χ0v) is 13.8. The van der Waals surface area contributed by atoms with Crippen molar-refractivity contribution in [2.75, 3.05) is 11.1 Å². The van der Waals surface area contributed by atoms with Crippen LogP contribution in [0.15, 0.2) is 29.4 Å². The molecule has 1 aromatic heterocycles. The van der Waals surface area contributed by atoms with Crippen molar-refractivity contribution >= 4 is 29.0 Å². The molecular formula is C14H17N5O3S. The van der Waals surface area contributed by atoms with Gasteiger partial charge in [0.05, 0.1) is 10.7 Å². The topological polar surface area (TPSA) is 103 Å². The van der Waals surface area contributed by atoms with Gasteiger partial charge in [0.2, 0.25) is 5.91 Å². The molecule has 23 heavy (non-hydrogen) atoms. The van der Waals surface area contributed by atoms with Crippen LogP contribution in [0.2, 0.25) is 0 Å². The SMILES string of the molecule is CC(C)c1nnc(SCC(=O)Nc2ccc([N+](=O)[O-])cc2)n1C. The van der Waals surface area contributed by atoms with Crippen LogP contribution in [0.1, 0.15) is 25.6 Å². The van der Waals surface area contributed by atoms with Gasteiger partial charge in [0.15, 0.2) is 5.16 Å². The predicted octanol–water partition coefficient (Wildman–Crippen LogP) is 2.58. The van der Waals surface area contributed by atoms with Crippen molar-refractivity contribution in [1.29, 1.82) is 0 Å². The predicted molar refractivity (Wildman–Crippen MR) is 87.5 cm³/mol. The molecule has 8 nitrogen and oxygen atoms in total. The van der Waals surface area contributed by atoms with Crippen LogP contribution in [0.4, 0.5) is 11.4 Å². The molecule has 0 saturated carbocycles. The van der Waals surface area contributed by atoms with E-state index in [1.54, 1.807) is 0 Å². The maximum Gasteiger partial charge on any atom is 0.269 e. The van der Waals surface area contributed by atoms with E-state index in [-0.39, 0.29) is 23.3 Å². The number of carbonyl (C=O) groups excluding carboxylic acids is 1. The summed E-state index contributed by atoms with van der Waals surface area (Å²) in [5.74, 6) is 1.10. The van der Waals surface area contributed by atoms with Gasteiger partial charge in [-0.25, -0.2) is 0 Å². The van der Waals surface area contributed by atoms with Gasteiger partial charge >= 0.3 is 0 Å². The first-order chi connectivity index (χ1) is 10.9. The molecule has 0 atom stereocenters. The Morgan fingerprint density at radius 3 is 2.52 bits per heavy atom. The number of anilines is 1. The molecule has 1 heterocycles. The Balaban J connectivity index is 1.91. The Labute approximate surface area is 137 Å². The third kappa shape index (κ3) is 4.28. The Morgan fingerprint density at radius 1 is 1.35 bits per heavy atom. The van der Waals surface area contributed by atoms with E-state index in [0.29, 0.717) is 10.8 Å². The molecule has 0 aliphatic carbocycles. The van der Waals surface area contributed by atoms with Gasteiger partial charge in [0.1, 0.15) is 5.82 Å². The molecule has 0 unspecified atom stereocenters. The summed E-state index contributed by atoms with van der Waals surface area (Å²) in [4.78, 5) is 22.0. The number of thioether (sulfide) groups is 1. The molecule has 0 radical (unpaired) electrons. The largest absolute Gasteiger partial charge is 0.325 e. The Hall–Kier alpha value is -2.42. The van der Waals surface area contributed by atoms with Crippen molar-refractivity contribution in [2.45, 2.75) is 24.9 Å². The Kier molecular flexibility index (Phi) is 5.32. The van der Waals surface area contributed by atoms with Gasteiger partial charge in [-0.3, -0.25) is 14.9 Å². The Bertz CT molecular complexity index is 712. The van der Waals surface area contributed by atoms with Crippen LogP contribution in [-0.4, -0.2) is 31.3 Å². The van der Waals surface area contributed by atoms with E-state index in [2.05, 4.69) is 15.5 Å². The highest BCUT2D eigenvalue weighted by Gasteiger charge is 2.14. The molecule has 0 bridgehead atoms. The third-order valence-electron chi connectivity index (χ3n) is 3.08. The molecule has 122 valence electrons. The summed E-state index contributed by atoms with van der Waals surface area (Å²) >= 11 is 1.29. The normalized spacial score (nSPS) is 10.8. The average molecular weight is 335 g/mol. The molecule has 1 amide bonds. The molecule has 0 aliphatic heterocycles. The smallest absolute Gasteiger partial charge is 0.269 e. The third-order valence-corrected chi connectivity index (χ3v) is 4.10. The van der Waals surface area contributed by atoms with Crippen LogP contribution < -0.4 is 5.32 Å². The number of hydrogen-bond donors (Lipinski definition) is 1. The second kappa shape index (κ2) is 7.23. The lowest BCUT2D eigenvalue weighted by molar-refractivity contribution is -0.384. The highest BCUT2D eigenvalue weighted by molar-refractivity contribution is 7.99. The van der Waals surface area contributed by atoms with Gasteiger partial charge < -0.3 is 9.88 Å². The standard InChI is InChI=1S/C14H17N5O3S/c1-9(2)13-16-17-14(18(13)3)23-8-12(20)15-10-4-6-11(7-5-10)19(21)22/h4-7,9H,8H2,1-3H3,(H,15,20). The molecule has 1 aromatic carbocycles. The monoisotopic (exact) mass is 335 g/mol. The fourth-order valence-electron chi connectivity index (χ4n) is 1.95. The summed E-state index contributed by atoms with van der Waals surface area (Å²) in [6.45, 7) is 4.06. The highest BCUT2D eigenvalue weighted by atomic mass is 32.2. The molecule has 0 fully saturated rings. The number of benzene rings is 1. The lowest BCUT2D eigenvalue weighted by atomic mass is 10.2. The number of nitrogens with one attached hydrogen (secondary N) is 1. The van der Waals surface area contributed by atoms with Gasteiger partial charge in [-0.15, -0.1) is 10.2 Å². The summed E-state index contributed by atoms with van der Waals surface area (Å²) in [6.07, 6.45) is 0. The van der Waals surface area contributed by atoms with Crippen LogP contribution in [0, 0.1) is 10.1 Å².